The maximum atomic E-state index is 11.2. The van der Waals surface area contributed by atoms with Crippen LogP contribution in [0.3, 0.4) is 0 Å². The molecule has 2 fully saturated rings. The van der Waals surface area contributed by atoms with Gasteiger partial charge in [0.25, 0.3) is 0 Å². The SMILES string of the molecule is CC1CN(c2nc(-c3noc4c3CCCC43CCCc4sc(N)c(C#N)c43)nc3c2cnn3C(C)C2CCCN2C)CC(C)(O)C1. The van der Waals surface area contributed by atoms with Crippen molar-refractivity contribution in [3.63, 3.8) is 0 Å². The zero-order valence-electron chi connectivity index (χ0n) is 27.2. The summed E-state index contributed by atoms with van der Waals surface area (Å²) < 4.78 is 8.41. The molecule has 242 valence electrons. The molecule has 0 saturated carbocycles. The van der Waals surface area contributed by atoms with Gasteiger partial charge in [0, 0.05) is 29.6 Å². The van der Waals surface area contributed by atoms with Crippen molar-refractivity contribution in [2.75, 3.05) is 37.3 Å². The van der Waals surface area contributed by atoms with E-state index in [1.165, 1.54) is 11.3 Å². The van der Waals surface area contributed by atoms with E-state index in [2.05, 4.69) is 41.4 Å². The van der Waals surface area contributed by atoms with Crippen LogP contribution in [0.15, 0.2) is 10.7 Å². The number of nitrogen functional groups attached to an aromatic ring is 1. The molecule has 2 saturated heterocycles. The molecule has 4 aromatic rings. The molecule has 0 radical (unpaired) electrons. The zero-order valence-corrected chi connectivity index (χ0v) is 28.0. The van der Waals surface area contributed by atoms with Gasteiger partial charge in [-0.15, -0.1) is 11.3 Å². The van der Waals surface area contributed by atoms with E-state index in [1.54, 1.807) is 11.3 Å². The molecule has 12 heteroatoms. The maximum Gasteiger partial charge on any atom is 0.186 e. The lowest BCUT2D eigenvalue weighted by atomic mass is 9.63. The summed E-state index contributed by atoms with van der Waals surface area (Å²) in [7, 11) is 2.19. The van der Waals surface area contributed by atoms with Crippen LogP contribution in [-0.4, -0.2) is 73.2 Å². The molecule has 6 heterocycles. The fourth-order valence-corrected chi connectivity index (χ4v) is 10.5. The second-order valence-electron chi connectivity index (χ2n) is 14.7. The number of aryl methyl sites for hydroxylation is 1. The van der Waals surface area contributed by atoms with E-state index in [4.69, 9.17) is 30.5 Å². The average Bonchev–Trinajstić information content (AvgIpc) is 3.80. The fourth-order valence-electron chi connectivity index (χ4n) is 9.37. The van der Waals surface area contributed by atoms with Crippen LogP contribution in [-0.2, 0) is 18.3 Å². The zero-order chi connectivity index (χ0) is 32.0. The number of rotatable bonds is 4. The second-order valence-corrected chi connectivity index (χ2v) is 15.8. The number of β-amino-alcohol motifs (C(OH)–C–C–N with tert-alkyl or cyclic N) is 1. The highest BCUT2D eigenvalue weighted by atomic mass is 32.1. The van der Waals surface area contributed by atoms with Crippen molar-refractivity contribution >= 4 is 33.2 Å². The molecule has 4 aromatic heterocycles. The molecule has 11 nitrogen and oxygen atoms in total. The number of hydrogen-bond donors (Lipinski definition) is 2. The maximum absolute atomic E-state index is 11.2. The van der Waals surface area contributed by atoms with Crippen molar-refractivity contribution in [3.05, 3.63) is 33.5 Å². The number of nitrogens with two attached hydrogens (primary N) is 1. The summed E-state index contributed by atoms with van der Waals surface area (Å²) >= 11 is 1.55. The minimum absolute atomic E-state index is 0.118. The number of thiophene rings is 1. The van der Waals surface area contributed by atoms with Crippen LogP contribution < -0.4 is 10.6 Å². The Morgan fingerprint density at radius 3 is 2.76 bits per heavy atom. The van der Waals surface area contributed by atoms with Crippen molar-refractivity contribution in [2.24, 2.45) is 5.92 Å². The van der Waals surface area contributed by atoms with Crippen molar-refractivity contribution < 1.29 is 9.63 Å². The number of hydrogen-bond acceptors (Lipinski definition) is 11. The number of anilines is 2. The number of nitriles is 1. The van der Waals surface area contributed by atoms with Crippen LogP contribution in [0.4, 0.5) is 10.8 Å². The minimum Gasteiger partial charge on any atom is -0.389 e. The topological polar surface area (TPSA) is 146 Å². The smallest absolute Gasteiger partial charge is 0.186 e. The predicted octanol–water partition coefficient (Wildman–Crippen LogP) is 5.21. The molecule has 3 N–H and O–H groups in total. The summed E-state index contributed by atoms with van der Waals surface area (Å²) in [6.07, 6.45) is 10.4. The first-order valence-corrected chi connectivity index (χ1v) is 17.7. The van der Waals surface area contributed by atoms with Gasteiger partial charge in [0.05, 0.1) is 34.2 Å². The normalized spacial score (nSPS) is 28.8. The molecule has 8 rings (SSSR count). The summed E-state index contributed by atoms with van der Waals surface area (Å²) in [5.41, 5.74) is 9.29. The molecule has 0 amide bonds. The Morgan fingerprint density at radius 1 is 1.22 bits per heavy atom. The van der Waals surface area contributed by atoms with Crippen molar-refractivity contribution in [1.82, 2.24) is 29.8 Å². The van der Waals surface area contributed by atoms with Gasteiger partial charge in [0.15, 0.2) is 22.9 Å². The number of likely N-dealkylation sites (N-methyl/N-ethyl adjacent to an activating group) is 1. The van der Waals surface area contributed by atoms with Crippen LogP contribution in [0, 0.1) is 17.2 Å². The molecular weight excluding hydrogens is 599 g/mol. The van der Waals surface area contributed by atoms with Crippen molar-refractivity contribution in [1.29, 1.82) is 5.26 Å². The Morgan fingerprint density at radius 2 is 2.02 bits per heavy atom. The van der Waals surface area contributed by atoms with Crippen LogP contribution in [0.25, 0.3) is 22.6 Å². The fraction of sp³-hybridized carbons (Fsp3) is 0.618. The lowest BCUT2D eigenvalue weighted by molar-refractivity contribution is 0.0283. The quantitative estimate of drug-likeness (QED) is 0.305. The molecule has 4 aliphatic rings. The van der Waals surface area contributed by atoms with Gasteiger partial charge in [-0.25, -0.2) is 14.6 Å². The highest BCUT2D eigenvalue weighted by molar-refractivity contribution is 7.16. The summed E-state index contributed by atoms with van der Waals surface area (Å²) in [4.78, 5) is 16.3. The van der Waals surface area contributed by atoms with E-state index in [0.717, 1.165) is 98.2 Å². The Kier molecular flexibility index (Phi) is 6.98. The summed E-state index contributed by atoms with van der Waals surface area (Å²) in [5.74, 6) is 2.45. The predicted molar refractivity (Wildman–Crippen MR) is 178 cm³/mol. The van der Waals surface area contributed by atoms with Gasteiger partial charge in [-0.2, -0.15) is 10.4 Å². The number of likely N-dealkylation sites (tertiary alicyclic amines) is 1. The van der Waals surface area contributed by atoms with Crippen LogP contribution in [0.5, 0.6) is 0 Å². The average molecular weight is 642 g/mol. The molecule has 46 heavy (non-hydrogen) atoms. The number of fused-ring (bicyclic) bond motifs is 5. The molecule has 0 bridgehead atoms. The number of piperidine rings is 1. The van der Waals surface area contributed by atoms with Gasteiger partial charge in [0.2, 0.25) is 0 Å². The van der Waals surface area contributed by atoms with E-state index in [9.17, 15) is 10.4 Å². The minimum atomic E-state index is -0.829. The lowest BCUT2D eigenvalue weighted by Gasteiger charge is -2.41. The third-order valence-corrected chi connectivity index (χ3v) is 12.3. The molecule has 5 unspecified atom stereocenters. The standard InChI is InChI=1S/C34H43N9O2S/c1-19-14-33(3,44)18-42(17-19)31-23-16-37-43(20(2)24-9-7-13-41(24)4)32(23)39-30(38-31)27-21-8-5-11-34(28(21)45-40-27)12-6-10-25-26(34)22(15-35)29(36)46-25/h16,19-20,24,44H,5-14,17-18,36H2,1-4H3. The van der Waals surface area contributed by atoms with Crippen LogP contribution >= 0.6 is 11.3 Å². The van der Waals surface area contributed by atoms with Crippen molar-refractivity contribution in [2.45, 2.75) is 102 Å². The van der Waals surface area contributed by atoms with Gasteiger partial charge < -0.3 is 25.2 Å². The van der Waals surface area contributed by atoms with E-state index in [-0.39, 0.29) is 6.04 Å². The molecule has 0 aromatic carbocycles. The molecule has 5 atom stereocenters. The summed E-state index contributed by atoms with van der Waals surface area (Å²) in [5, 5.41) is 32.5. The molecule has 2 aliphatic carbocycles. The van der Waals surface area contributed by atoms with E-state index < -0.39 is 11.0 Å². The van der Waals surface area contributed by atoms with Gasteiger partial charge in [0.1, 0.15) is 16.9 Å². The monoisotopic (exact) mass is 641 g/mol. The second kappa shape index (κ2) is 10.8. The Labute approximate surface area is 273 Å². The first-order valence-electron chi connectivity index (χ1n) is 16.8. The Hall–Kier alpha value is -3.53. The first kappa shape index (κ1) is 29.8. The lowest BCUT2D eigenvalue weighted by Crippen LogP contribution is -2.49. The first-order chi connectivity index (χ1) is 22.1. The number of nitrogens with zero attached hydrogens (tertiary/aromatic N) is 8. The molecular formula is C34H43N9O2S. The number of aromatic nitrogens is 5. The van der Waals surface area contributed by atoms with Gasteiger partial charge in [-0.05, 0) is 96.7 Å². The van der Waals surface area contributed by atoms with Gasteiger partial charge in [-0.3, -0.25) is 0 Å². The van der Waals surface area contributed by atoms with Crippen LogP contribution in [0.2, 0.25) is 0 Å². The number of aliphatic hydroxyl groups is 1. The Balaban J connectivity index is 1.30. The third kappa shape index (κ3) is 4.49. The third-order valence-electron chi connectivity index (χ3n) is 11.2. The molecule has 2 aliphatic heterocycles. The van der Waals surface area contributed by atoms with E-state index in [1.807, 2.05) is 13.1 Å². The largest absolute Gasteiger partial charge is 0.389 e. The highest BCUT2D eigenvalue weighted by Crippen LogP contribution is 2.55. The van der Waals surface area contributed by atoms with E-state index in [0.29, 0.717) is 40.6 Å². The highest BCUT2D eigenvalue weighted by Gasteiger charge is 2.49. The summed E-state index contributed by atoms with van der Waals surface area (Å²) in [6, 6.07) is 2.90. The van der Waals surface area contributed by atoms with Crippen LogP contribution in [0.1, 0.15) is 99.1 Å². The van der Waals surface area contributed by atoms with Gasteiger partial charge >= 0.3 is 0 Å². The summed E-state index contributed by atoms with van der Waals surface area (Å²) in [6.45, 7) is 8.67. The Bertz CT molecular complexity index is 1860. The van der Waals surface area contributed by atoms with Crippen molar-refractivity contribution in [3.8, 4) is 17.6 Å². The van der Waals surface area contributed by atoms with Gasteiger partial charge in [-0.1, -0.05) is 12.1 Å². The van der Waals surface area contributed by atoms with E-state index >= 15 is 0 Å². The molecule has 1 spiro atoms.